The molecular formula is C16H18N2O4S3. The molecule has 0 aromatic carbocycles. The van der Waals surface area contributed by atoms with Gasteiger partial charge in [0.25, 0.3) is 5.56 Å². The van der Waals surface area contributed by atoms with Gasteiger partial charge in [-0.05, 0) is 24.8 Å². The molecule has 3 heterocycles. The Balaban J connectivity index is 1.82. The third kappa shape index (κ3) is 2.97. The van der Waals surface area contributed by atoms with Gasteiger partial charge >= 0.3 is 0 Å². The van der Waals surface area contributed by atoms with E-state index in [-0.39, 0.29) is 17.1 Å². The Morgan fingerprint density at radius 2 is 2.20 bits per heavy atom. The largest absolute Gasteiger partial charge is 0.391 e. The van der Waals surface area contributed by atoms with Gasteiger partial charge in [0.05, 0.1) is 28.2 Å². The van der Waals surface area contributed by atoms with Gasteiger partial charge in [0.15, 0.2) is 15.0 Å². The molecule has 25 heavy (non-hydrogen) atoms. The predicted molar refractivity (Wildman–Crippen MR) is 100 cm³/mol. The third-order valence-corrected chi connectivity index (χ3v) is 9.05. The minimum Gasteiger partial charge on any atom is -0.391 e. The molecule has 1 aliphatic heterocycles. The maximum Gasteiger partial charge on any atom is 0.263 e. The summed E-state index contributed by atoms with van der Waals surface area (Å²) in [7, 11) is -3.24. The molecule has 1 saturated heterocycles. The molecule has 9 heteroatoms. The molecular weight excluding hydrogens is 380 g/mol. The minimum atomic E-state index is -3.24. The molecule has 1 aliphatic carbocycles. The molecule has 0 spiro atoms. The van der Waals surface area contributed by atoms with Gasteiger partial charge in [0.2, 0.25) is 0 Å². The van der Waals surface area contributed by atoms with Crippen LogP contribution in [0.4, 0.5) is 0 Å². The predicted octanol–water partition coefficient (Wildman–Crippen LogP) is 1.38. The molecule has 2 aliphatic rings. The molecule has 2 aromatic rings. The number of aliphatic hydroxyl groups excluding tert-OH is 1. The Kier molecular flexibility index (Phi) is 4.30. The summed E-state index contributed by atoms with van der Waals surface area (Å²) in [5, 5.41) is 10.7. The number of fused-ring (bicyclic) bond motifs is 3. The van der Waals surface area contributed by atoms with E-state index in [4.69, 9.17) is 0 Å². The van der Waals surface area contributed by atoms with Crippen molar-refractivity contribution < 1.29 is 13.5 Å². The Bertz CT molecular complexity index is 1020. The van der Waals surface area contributed by atoms with E-state index < -0.39 is 21.2 Å². The van der Waals surface area contributed by atoms with Crippen molar-refractivity contribution in [1.82, 2.24) is 9.55 Å². The first-order valence-electron chi connectivity index (χ1n) is 8.11. The fourth-order valence-corrected chi connectivity index (χ4v) is 8.37. The molecule has 4 rings (SSSR count). The SMILES string of the molecule is C=CCn1c(S[C@H]2CS(=O)(=O)C[C@@H]2O)nc2sc3c(c2c1=O)CCC3. The van der Waals surface area contributed by atoms with Gasteiger partial charge in [-0.1, -0.05) is 17.8 Å². The van der Waals surface area contributed by atoms with Crippen LogP contribution in [0.3, 0.4) is 0 Å². The second-order valence-corrected chi connectivity index (χ2v) is 10.9. The number of aryl methyl sites for hydroxylation is 2. The smallest absolute Gasteiger partial charge is 0.263 e. The molecule has 2 aromatic heterocycles. The number of hydrogen-bond donors (Lipinski definition) is 1. The highest BCUT2D eigenvalue weighted by molar-refractivity contribution is 8.01. The maximum atomic E-state index is 13.0. The van der Waals surface area contributed by atoms with E-state index >= 15 is 0 Å². The first-order valence-corrected chi connectivity index (χ1v) is 11.6. The summed E-state index contributed by atoms with van der Waals surface area (Å²) in [6.07, 6.45) is 3.66. The molecule has 0 unspecified atom stereocenters. The fourth-order valence-electron chi connectivity index (χ4n) is 3.48. The standard InChI is InChI=1S/C16H18N2O4S3/c1-2-6-18-15(20)13-9-4-3-5-11(9)23-14(13)17-16(18)24-12-8-25(21,22)7-10(12)19/h2,10,12,19H,1,3-8H2/t10-,12-/m0/s1. The Labute approximate surface area is 153 Å². The van der Waals surface area contributed by atoms with Crippen LogP contribution in [0.1, 0.15) is 16.9 Å². The van der Waals surface area contributed by atoms with Gasteiger partial charge in [-0.2, -0.15) is 0 Å². The van der Waals surface area contributed by atoms with Crippen molar-refractivity contribution in [3.8, 4) is 0 Å². The van der Waals surface area contributed by atoms with Crippen LogP contribution in [0, 0.1) is 0 Å². The van der Waals surface area contributed by atoms with Crippen LogP contribution in [0.5, 0.6) is 0 Å². The number of thioether (sulfide) groups is 1. The fraction of sp³-hybridized carbons (Fsp3) is 0.500. The van der Waals surface area contributed by atoms with Crippen LogP contribution in [-0.4, -0.2) is 45.9 Å². The lowest BCUT2D eigenvalue weighted by atomic mass is 10.2. The van der Waals surface area contributed by atoms with E-state index in [9.17, 15) is 18.3 Å². The highest BCUT2D eigenvalue weighted by Gasteiger charge is 2.38. The summed E-state index contributed by atoms with van der Waals surface area (Å²) in [5.74, 6) is -0.326. The van der Waals surface area contributed by atoms with E-state index in [0.717, 1.165) is 24.8 Å². The second kappa shape index (κ2) is 6.22. The van der Waals surface area contributed by atoms with Crippen molar-refractivity contribution >= 4 is 43.2 Å². The van der Waals surface area contributed by atoms with Crippen molar-refractivity contribution in [1.29, 1.82) is 0 Å². The van der Waals surface area contributed by atoms with Gasteiger partial charge in [0.1, 0.15) is 4.83 Å². The molecule has 0 saturated carbocycles. The topological polar surface area (TPSA) is 89.3 Å². The summed E-state index contributed by atoms with van der Waals surface area (Å²) < 4.78 is 25.0. The van der Waals surface area contributed by atoms with E-state index in [2.05, 4.69) is 11.6 Å². The number of aliphatic hydroxyl groups is 1. The summed E-state index contributed by atoms with van der Waals surface area (Å²) in [6.45, 7) is 4.02. The normalized spacial score (nSPS) is 24.7. The molecule has 0 amide bonds. The van der Waals surface area contributed by atoms with Crippen molar-refractivity contribution in [2.75, 3.05) is 11.5 Å². The number of rotatable bonds is 4. The van der Waals surface area contributed by atoms with Crippen LogP contribution < -0.4 is 5.56 Å². The third-order valence-electron chi connectivity index (χ3n) is 4.63. The molecule has 1 N–H and O–H groups in total. The van der Waals surface area contributed by atoms with Crippen LogP contribution in [0.2, 0.25) is 0 Å². The molecule has 6 nitrogen and oxygen atoms in total. The second-order valence-electron chi connectivity index (χ2n) is 6.44. The molecule has 0 radical (unpaired) electrons. The number of hydrogen-bond acceptors (Lipinski definition) is 7. The number of sulfone groups is 1. The average Bonchev–Trinajstić information content (AvgIpc) is 3.16. The van der Waals surface area contributed by atoms with Crippen LogP contribution in [-0.2, 0) is 29.2 Å². The van der Waals surface area contributed by atoms with Crippen molar-refractivity contribution in [3.05, 3.63) is 33.4 Å². The van der Waals surface area contributed by atoms with Gasteiger partial charge in [-0.15, -0.1) is 17.9 Å². The van der Waals surface area contributed by atoms with Crippen molar-refractivity contribution in [2.45, 2.75) is 42.3 Å². The van der Waals surface area contributed by atoms with E-state index in [1.165, 1.54) is 16.6 Å². The zero-order chi connectivity index (χ0) is 17.8. The van der Waals surface area contributed by atoms with E-state index in [1.807, 2.05) is 0 Å². The zero-order valence-corrected chi connectivity index (χ0v) is 15.9. The van der Waals surface area contributed by atoms with Crippen molar-refractivity contribution in [2.24, 2.45) is 0 Å². The van der Waals surface area contributed by atoms with Crippen LogP contribution >= 0.6 is 23.1 Å². The molecule has 0 bridgehead atoms. The Morgan fingerprint density at radius 3 is 2.88 bits per heavy atom. The Morgan fingerprint density at radius 1 is 1.40 bits per heavy atom. The first-order chi connectivity index (χ1) is 11.9. The molecule has 2 atom stereocenters. The lowest BCUT2D eigenvalue weighted by Crippen LogP contribution is -2.26. The number of aromatic nitrogens is 2. The quantitative estimate of drug-likeness (QED) is 0.618. The van der Waals surface area contributed by atoms with E-state index in [1.54, 1.807) is 22.0 Å². The summed E-state index contributed by atoms with van der Waals surface area (Å²) in [5.41, 5.74) is 1.03. The highest BCUT2D eigenvalue weighted by Crippen LogP contribution is 2.37. The van der Waals surface area contributed by atoms with Gasteiger partial charge in [-0.3, -0.25) is 9.36 Å². The van der Waals surface area contributed by atoms with Gasteiger partial charge < -0.3 is 5.11 Å². The zero-order valence-electron chi connectivity index (χ0n) is 13.5. The maximum absolute atomic E-state index is 13.0. The number of allylic oxidation sites excluding steroid dienone is 1. The average molecular weight is 399 g/mol. The van der Waals surface area contributed by atoms with Gasteiger partial charge in [-0.25, -0.2) is 13.4 Å². The summed E-state index contributed by atoms with van der Waals surface area (Å²) in [6, 6.07) is 0. The minimum absolute atomic E-state index is 0.0952. The van der Waals surface area contributed by atoms with Crippen molar-refractivity contribution in [3.63, 3.8) is 0 Å². The summed E-state index contributed by atoms with van der Waals surface area (Å²) >= 11 is 2.74. The lowest BCUT2D eigenvalue weighted by molar-refractivity contribution is 0.207. The van der Waals surface area contributed by atoms with Gasteiger partial charge in [0, 0.05) is 11.4 Å². The monoisotopic (exact) mass is 398 g/mol. The molecule has 134 valence electrons. The first kappa shape index (κ1) is 17.3. The highest BCUT2D eigenvalue weighted by atomic mass is 32.2. The van der Waals surface area contributed by atoms with Crippen LogP contribution in [0.25, 0.3) is 10.2 Å². The van der Waals surface area contributed by atoms with E-state index in [0.29, 0.717) is 21.9 Å². The lowest BCUT2D eigenvalue weighted by Gasteiger charge is -2.15. The van der Waals surface area contributed by atoms with Crippen LogP contribution in [0.15, 0.2) is 22.6 Å². The number of thiophene rings is 1. The number of nitrogens with zero attached hydrogens (tertiary/aromatic N) is 2. The summed E-state index contributed by atoms with van der Waals surface area (Å²) in [4.78, 5) is 19.6. The molecule has 1 fully saturated rings. The Hall–Kier alpha value is -1.16.